The minimum Gasteiger partial charge on any atom is -0.494 e. The fourth-order valence-corrected chi connectivity index (χ4v) is 3.27. The molecule has 0 spiro atoms. The molecule has 130 valence electrons. The Bertz CT molecular complexity index is 611. The average Bonchev–Trinajstić information content (AvgIpc) is 3.01. The summed E-state index contributed by atoms with van der Waals surface area (Å²) in [5, 5.41) is 2.89. The molecule has 0 aromatic heterocycles. The molecule has 1 N–H and O–H groups in total. The first-order valence-electron chi connectivity index (χ1n) is 8.57. The van der Waals surface area contributed by atoms with Crippen LogP contribution in [0.5, 0.6) is 5.75 Å². The quantitative estimate of drug-likeness (QED) is 0.900. The monoisotopic (exact) mass is 332 g/mol. The van der Waals surface area contributed by atoms with Gasteiger partial charge in [0.2, 0.25) is 11.8 Å². The zero-order valence-electron chi connectivity index (χ0n) is 14.0. The molecule has 6 heteroatoms. The van der Waals surface area contributed by atoms with E-state index in [1.54, 1.807) is 18.1 Å². The van der Waals surface area contributed by atoms with E-state index in [1.807, 2.05) is 12.1 Å². The Morgan fingerprint density at radius 2 is 2.25 bits per heavy atom. The molecular weight excluding hydrogens is 308 g/mol. The molecular formula is C18H24N2O4. The van der Waals surface area contributed by atoms with Gasteiger partial charge in [-0.3, -0.25) is 9.59 Å². The molecule has 2 aliphatic heterocycles. The number of rotatable bonds is 5. The van der Waals surface area contributed by atoms with Gasteiger partial charge >= 0.3 is 0 Å². The van der Waals surface area contributed by atoms with E-state index in [4.69, 9.17) is 9.47 Å². The molecule has 3 rings (SSSR count). The van der Waals surface area contributed by atoms with Crippen molar-refractivity contribution in [2.24, 2.45) is 0 Å². The molecule has 1 atom stereocenters. The summed E-state index contributed by atoms with van der Waals surface area (Å²) >= 11 is 0. The second kappa shape index (κ2) is 7.66. The highest BCUT2D eigenvalue weighted by atomic mass is 16.5. The van der Waals surface area contributed by atoms with Crippen molar-refractivity contribution in [3.8, 4) is 5.75 Å². The third kappa shape index (κ3) is 3.87. The smallest absolute Gasteiger partial charge is 0.227 e. The highest BCUT2D eigenvalue weighted by Gasteiger charge is 2.25. The number of nitrogens with one attached hydrogen (secondary N) is 1. The topological polar surface area (TPSA) is 67.9 Å². The zero-order valence-corrected chi connectivity index (χ0v) is 14.0. The lowest BCUT2D eigenvalue weighted by atomic mass is 10.1. The van der Waals surface area contributed by atoms with Gasteiger partial charge in [-0.15, -0.1) is 0 Å². The van der Waals surface area contributed by atoms with Crippen LogP contribution in [-0.4, -0.2) is 38.2 Å². The number of hydrogen-bond donors (Lipinski definition) is 1. The highest BCUT2D eigenvalue weighted by molar-refractivity contribution is 5.98. The third-order valence-electron chi connectivity index (χ3n) is 4.51. The third-order valence-corrected chi connectivity index (χ3v) is 4.51. The van der Waals surface area contributed by atoms with Gasteiger partial charge in [-0.05, 0) is 37.8 Å². The van der Waals surface area contributed by atoms with Crippen LogP contribution in [0.1, 0.15) is 38.5 Å². The van der Waals surface area contributed by atoms with Crippen LogP contribution in [0.3, 0.4) is 0 Å². The van der Waals surface area contributed by atoms with Gasteiger partial charge in [0.05, 0.1) is 25.3 Å². The van der Waals surface area contributed by atoms with Gasteiger partial charge in [0.15, 0.2) is 0 Å². The Labute approximate surface area is 142 Å². The van der Waals surface area contributed by atoms with Crippen LogP contribution < -0.4 is 15.0 Å². The van der Waals surface area contributed by atoms with Crippen molar-refractivity contribution in [3.63, 3.8) is 0 Å². The molecule has 2 saturated heterocycles. The van der Waals surface area contributed by atoms with Crippen molar-refractivity contribution in [1.29, 1.82) is 0 Å². The highest BCUT2D eigenvalue weighted by Crippen LogP contribution is 2.34. The minimum absolute atomic E-state index is 0.0159. The van der Waals surface area contributed by atoms with Gasteiger partial charge in [0, 0.05) is 31.3 Å². The van der Waals surface area contributed by atoms with Gasteiger partial charge in [0.1, 0.15) is 5.75 Å². The van der Waals surface area contributed by atoms with Gasteiger partial charge in [-0.25, -0.2) is 0 Å². The maximum Gasteiger partial charge on any atom is 0.227 e. The predicted octanol–water partition coefficient (Wildman–Crippen LogP) is 2.72. The van der Waals surface area contributed by atoms with E-state index in [0.29, 0.717) is 30.8 Å². The Balaban J connectivity index is 1.65. The average molecular weight is 332 g/mol. The molecule has 2 heterocycles. The fraction of sp³-hybridized carbons (Fsp3) is 0.556. The number of benzene rings is 1. The maximum atomic E-state index is 12.2. The Hall–Kier alpha value is -2.08. The van der Waals surface area contributed by atoms with E-state index < -0.39 is 0 Å². The van der Waals surface area contributed by atoms with Crippen molar-refractivity contribution >= 4 is 23.2 Å². The molecule has 2 aliphatic rings. The number of ether oxygens (including phenoxy) is 2. The van der Waals surface area contributed by atoms with Gasteiger partial charge in [-0.1, -0.05) is 0 Å². The van der Waals surface area contributed by atoms with Gasteiger partial charge in [-0.2, -0.15) is 0 Å². The number of anilines is 2. The van der Waals surface area contributed by atoms with Crippen molar-refractivity contribution in [3.05, 3.63) is 18.2 Å². The van der Waals surface area contributed by atoms with E-state index in [9.17, 15) is 9.59 Å². The lowest BCUT2D eigenvalue weighted by Crippen LogP contribution is -2.26. The molecule has 0 aliphatic carbocycles. The van der Waals surface area contributed by atoms with Crippen LogP contribution in [0.25, 0.3) is 0 Å². The Morgan fingerprint density at radius 3 is 2.92 bits per heavy atom. The van der Waals surface area contributed by atoms with E-state index in [2.05, 4.69) is 5.32 Å². The molecule has 1 unspecified atom stereocenters. The molecule has 24 heavy (non-hydrogen) atoms. The second-order valence-corrected chi connectivity index (χ2v) is 6.28. The van der Waals surface area contributed by atoms with Crippen molar-refractivity contribution in [2.75, 3.05) is 30.5 Å². The summed E-state index contributed by atoms with van der Waals surface area (Å²) in [4.78, 5) is 25.8. The molecule has 0 radical (unpaired) electrons. The molecule has 2 fully saturated rings. The SMILES string of the molecule is COc1cc(NC(=O)CC2CCCCO2)ccc1N1CCCC1=O. The molecule has 1 aromatic carbocycles. The molecule has 2 amide bonds. The van der Waals surface area contributed by atoms with Crippen LogP contribution >= 0.6 is 0 Å². The van der Waals surface area contributed by atoms with Crippen LogP contribution in [0.15, 0.2) is 18.2 Å². The number of methoxy groups -OCH3 is 1. The summed E-state index contributed by atoms with van der Waals surface area (Å²) in [5.74, 6) is 0.644. The standard InChI is InChI=1S/C18H24N2O4/c1-23-16-11-13(7-8-15(16)20-9-4-6-18(20)22)19-17(21)12-14-5-2-3-10-24-14/h7-8,11,14H,2-6,9-10,12H2,1H3,(H,19,21). The van der Waals surface area contributed by atoms with Crippen LogP contribution in [0.2, 0.25) is 0 Å². The van der Waals surface area contributed by atoms with Crippen molar-refractivity contribution < 1.29 is 19.1 Å². The minimum atomic E-state index is -0.0612. The lowest BCUT2D eigenvalue weighted by Gasteiger charge is -2.22. The summed E-state index contributed by atoms with van der Waals surface area (Å²) in [6, 6.07) is 5.40. The predicted molar refractivity (Wildman–Crippen MR) is 91.4 cm³/mol. The van der Waals surface area contributed by atoms with Gasteiger partial charge in [0.25, 0.3) is 0 Å². The molecule has 1 aromatic rings. The van der Waals surface area contributed by atoms with Crippen LogP contribution in [-0.2, 0) is 14.3 Å². The zero-order chi connectivity index (χ0) is 16.9. The normalized spacial score (nSPS) is 21.0. The maximum absolute atomic E-state index is 12.2. The largest absolute Gasteiger partial charge is 0.494 e. The lowest BCUT2D eigenvalue weighted by molar-refractivity contribution is -0.120. The Kier molecular flexibility index (Phi) is 5.35. The molecule has 0 saturated carbocycles. The van der Waals surface area contributed by atoms with E-state index in [1.165, 1.54) is 0 Å². The first kappa shape index (κ1) is 16.8. The molecule has 0 bridgehead atoms. The summed E-state index contributed by atoms with van der Waals surface area (Å²) in [6.07, 6.45) is 4.95. The van der Waals surface area contributed by atoms with E-state index in [0.717, 1.165) is 38.0 Å². The van der Waals surface area contributed by atoms with Crippen LogP contribution in [0.4, 0.5) is 11.4 Å². The van der Waals surface area contributed by atoms with E-state index in [-0.39, 0.29) is 17.9 Å². The van der Waals surface area contributed by atoms with Crippen molar-refractivity contribution in [1.82, 2.24) is 0 Å². The van der Waals surface area contributed by atoms with E-state index >= 15 is 0 Å². The van der Waals surface area contributed by atoms with Crippen molar-refractivity contribution in [2.45, 2.75) is 44.6 Å². The van der Waals surface area contributed by atoms with Gasteiger partial charge < -0.3 is 19.7 Å². The summed E-state index contributed by atoms with van der Waals surface area (Å²) in [7, 11) is 1.57. The van der Waals surface area contributed by atoms with Crippen LogP contribution in [0, 0.1) is 0 Å². The number of carbonyl (C=O) groups is 2. The number of nitrogens with zero attached hydrogens (tertiary/aromatic N) is 1. The molecule has 6 nitrogen and oxygen atoms in total. The number of hydrogen-bond acceptors (Lipinski definition) is 4. The summed E-state index contributed by atoms with van der Waals surface area (Å²) < 4.78 is 11.0. The first-order valence-corrected chi connectivity index (χ1v) is 8.57. The number of amides is 2. The second-order valence-electron chi connectivity index (χ2n) is 6.28. The number of carbonyl (C=O) groups excluding carboxylic acids is 2. The Morgan fingerprint density at radius 1 is 1.38 bits per heavy atom. The first-order chi connectivity index (χ1) is 11.7. The summed E-state index contributed by atoms with van der Waals surface area (Å²) in [5.41, 5.74) is 1.43. The summed E-state index contributed by atoms with van der Waals surface area (Å²) in [6.45, 7) is 1.45. The fourth-order valence-electron chi connectivity index (χ4n) is 3.27.